The Morgan fingerprint density at radius 2 is 2.05 bits per heavy atom. The molecule has 19 heavy (non-hydrogen) atoms. The zero-order valence-corrected chi connectivity index (χ0v) is 11.0. The Labute approximate surface area is 111 Å². The van der Waals surface area contributed by atoms with Crippen molar-refractivity contribution in [2.24, 2.45) is 0 Å². The second-order valence-corrected chi connectivity index (χ2v) is 6.18. The number of sulfonamides is 1. The van der Waals surface area contributed by atoms with Gasteiger partial charge in [-0.2, -0.15) is 5.26 Å². The summed E-state index contributed by atoms with van der Waals surface area (Å²) >= 11 is 0. The van der Waals surface area contributed by atoms with Crippen LogP contribution in [0.1, 0.15) is 12.8 Å². The molecule has 1 amide bonds. The zero-order chi connectivity index (χ0) is 13.9. The lowest BCUT2D eigenvalue weighted by atomic mass is 10.2. The monoisotopic (exact) mass is 279 g/mol. The lowest BCUT2D eigenvalue weighted by Gasteiger charge is -2.17. The van der Waals surface area contributed by atoms with Gasteiger partial charge in [0.15, 0.2) is 0 Å². The molecule has 1 saturated heterocycles. The lowest BCUT2D eigenvalue weighted by molar-refractivity contribution is -0.115. The Kier molecular flexibility index (Phi) is 3.71. The molecule has 1 fully saturated rings. The predicted octanol–water partition coefficient (Wildman–Crippen LogP) is 1.08. The van der Waals surface area contributed by atoms with Crippen LogP contribution in [0.2, 0.25) is 0 Å². The van der Waals surface area contributed by atoms with Crippen molar-refractivity contribution in [2.45, 2.75) is 12.8 Å². The maximum atomic E-state index is 11.7. The van der Waals surface area contributed by atoms with E-state index in [0.717, 1.165) is 0 Å². The van der Waals surface area contributed by atoms with Crippen molar-refractivity contribution in [1.82, 2.24) is 0 Å². The van der Waals surface area contributed by atoms with Gasteiger partial charge >= 0.3 is 0 Å². The van der Waals surface area contributed by atoms with Crippen LogP contribution < -0.4 is 9.62 Å². The smallest absolute Gasteiger partial charge is 0.238 e. The fourth-order valence-corrected chi connectivity index (χ4v) is 3.48. The van der Waals surface area contributed by atoms with Crippen molar-refractivity contribution < 1.29 is 13.2 Å². The summed E-state index contributed by atoms with van der Waals surface area (Å²) in [7, 11) is -3.18. The van der Waals surface area contributed by atoms with Crippen molar-refractivity contribution in [2.75, 3.05) is 21.9 Å². The van der Waals surface area contributed by atoms with Crippen LogP contribution in [0.25, 0.3) is 0 Å². The highest BCUT2D eigenvalue weighted by molar-refractivity contribution is 7.93. The maximum Gasteiger partial charge on any atom is 0.238 e. The summed E-state index contributed by atoms with van der Waals surface area (Å²) in [6, 6.07) is 8.29. The number of carbonyl (C=O) groups excluding carboxylic acids is 1. The van der Waals surface area contributed by atoms with E-state index in [9.17, 15) is 13.2 Å². The van der Waals surface area contributed by atoms with E-state index in [1.54, 1.807) is 30.3 Å². The largest absolute Gasteiger partial charge is 0.325 e. The molecule has 1 aromatic carbocycles. The van der Waals surface area contributed by atoms with Gasteiger partial charge in [-0.05, 0) is 30.7 Å². The van der Waals surface area contributed by atoms with E-state index in [1.807, 2.05) is 0 Å². The van der Waals surface area contributed by atoms with Crippen molar-refractivity contribution in [1.29, 1.82) is 5.26 Å². The summed E-state index contributed by atoms with van der Waals surface area (Å²) in [5, 5.41) is 10.9. The molecular weight excluding hydrogens is 266 g/mol. The Morgan fingerprint density at radius 3 is 2.58 bits per heavy atom. The van der Waals surface area contributed by atoms with Crippen molar-refractivity contribution in [3.05, 3.63) is 24.3 Å². The third-order valence-electron chi connectivity index (χ3n) is 2.78. The van der Waals surface area contributed by atoms with Gasteiger partial charge in [0.2, 0.25) is 15.9 Å². The van der Waals surface area contributed by atoms with Crippen LogP contribution in [0.4, 0.5) is 11.4 Å². The van der Waals surface area contributed by atoms with Crippen molar-refractivity contribution >= 4 is 27.3 Å². The first-order valence-electron chi connectivity index (χ1n) is 5.80. The van der Waals surface area contributed by atoms with Crippen molar-refractivity contribution in [3.63, 3.8) is 0 Å². The summed E-state index contributed by atoms with van der Waals surface area (Å²) in [5.74, 6) is -0.211. The second kappa shape index (κ2) is 5.28. The van der Waals surface area contributed by atoms with Crippen LogP contribution in [-0.2, 0) is 14.8 Å². The summed E-state index contributed by atoms with van der Waals surface area (Å²) in [6.07, 6.45) is 0.422. The number of nitrogens with zero attached hydrogens (tertiary/aromatic N) is 2. The minimum absolute atomic E-state index is 0.174. The summed E-state index contributed by atoms with van der Waals surface area (Å²) < 4.78 is 24.8. The maximum absolute atomic E-state index is 11.7. The quantitative estimate of drug-likeness (QED) is 0.896. The molecule has 0 aliphatic carbocycles. The molecule has 0 saturated carbocycles. The number of hydrogen-bond acceptors (Lipinski definition) is 4. The van der Waals surface area contributed by atoms with Gasteiger partial charge in [-0.3, -0.25) is 9.10 Å². The Bertz CT molecular complexity index is 617. The third kappa shape index (κ3) is 3.03. The molecule has 0 aromatic heterocycles. The van der Waals surface area contributed by atoms with Crippen molar-refractivity contribution in [3.8, 4) is 6.07 Å². The summed E-state index contributed by atoms with van der Waals surface area (Å²) in [6.45, 7) is 0.489. The number of anilines is 2. The van der Waals surface area contributed by atoms with Crippen LogP contribution in [0.15, 0.2) is 24.3 Å². The molecule has 1 aliphatic heterocycles. The molecule has 100 valence electrons. The highest BCUT2D eigenvalue weighted by Gasteiger charge is 2.28. The predicted molar refractivity (Wildman–Crippen MR) is 71.1 cm³/mol. The van der Waals surface area contributed by atoms with E-state index in [-0.39, 0.29) is 18.1 Å². The number of rotatable bonds is 3. The molecular formula is C12H13N3O3S. The standard InChI is InChI=1S/C12H13N3O3S/c13-7-6-12(16)14-10-2-4-11(5-3-10)15-8-1-9-19(15,17)18/h2-5H,1,6,8-9H2,(H,14,16). The average molecular weight is 279 g/mol. The van der Waals surface area contributed by atoms with E-state index < -0.39 is 10.0 Å². The first kappa shape index (κ1) is 13.4. The van der Waals surface area contributed by atoms with Gasteiger partial charge in [0.05, 0.1) is 17.5 Å². The average Bonchev–Trinajstić information content (AvgIpc) is 2.70. The number of carbonyl (C=O) groups is 1. The highest BCUT2D eigenvalue weighted by atomic mass is 32.2. The molecule has 1 aliphatic rings. The topological polar surface area (TPSA) is 90.3 Å². The van der Waals surface area contributed by atoms with Gasteiger partial charge in [0.1, 0.15) is 6.42 Å². The molecule has 2 rings (SSSR count). The van der Waals surface area contributed by atoms with E-state index >= 15 is 0 Å². The molecule has 0 bridgehead atoms. The SMILES string of the molecule is N#CCC(=O)Nc1ccc(N2CCCS2(=O)=O)cc1. The van der Waals surface area contributed by atoms with Crippen LogP contribution in [0.3, 0.4) is 0 Å². The lowest BCUT2D eigenvalue weighted by Crippen LogP contribution is -2.24. The minimum atomic E-state index is -3.18. The van der Waals surface area contributed by atoms with Crippen LogP contribution in [0, 0.1) is 11.3 Å². The summed E-state index contributed by atoms with van der Waals surface area (Å²) in [4.78, 5) is 11.2. The number of hydrogen-bond donors (Lipinski definition) is 1. The molecule has 0 radical (unpaired) electrons. The minimum Gasteiger partial charge on any atom is -0.325 e. The van der Waals surface area contributed by atoms with Gasteiger partial charge in [-0.1, -0.05) is 0 Å². The summed E-state index contributed by atoms with van der Waals surface area (Å²) in [5.41, 5.74) is 1.14. The van der Waals surface area contributed by atoms with Gasteiger partial charge in [-0.25, -0.2) is 8.42 Å². The van der Waals surface area contributed by atoms with Gasteiger partial charge in [0, 0.05) is 12.2 Å². The molecule has 0 unspecified atom stereocenters. The van der Waals surface area contributed by atoms with Gasteiger partial charge < -0.3 is 5.32 Å². The number of amides is 1. The molecule has 1 N–H and O–H groups in total. The normalized spacial score (nSPS) is 16.9. The van der Waals surface area contributed by atoms with Crippen LogP contribution in [0.5, 0.6) is 0 Å². The fraction of sp³-hybridized carbons (Fsp3) is 0.333. The van der Waals surface area contributed by atoms with E-state index in [1.165, 1.54) is 4.31 Å². The third-order valence-corrected chi connectivity index (χ3v) is 4.65. The zero-order valence-electron chi connectivity index (χ0n) is 10.2. The molecule has 0 atom stereocenters. The molecule has 1 aromatic rings. The van der Waals surface area contributed by atoms with Crippen LogP contribution in [-0.4, -0.2) is 26.6 Å². The first-order valence-corrected chi connectivity index (χ1v) is 7.41. The van der Waals surface area contributed by atoms with Crippen LogP contribution >= 0.6 is 0 Å². The number of nitriles is 1. The number of benzene rings is 1. The van der Waals surface area contributed by atoms with E-state index in [2.05, 4.69) is 5.32 Å². The fourth-order valence-electron chi connectivity index (χ4n) is 1.92. The molecule has 0 spiro atoms. The van der Waals surface area contributed by atoms with E-state index in [0.29, 0.717) is 24.3 Å². The van der Waals surface area contributed by atoms with E-state index in [4.69, 9.17) is 5.26 Å². The second-order valence-electron chi connectivity index (χ2n) is 4.17. The Hall–Kier alpha value is -2.07. The molecule has 1 heterocycles. The number of nitrogens with one attached hydrogen (secondary N) is 1. The van der Waals surface area contributed by atoms with Gasteiger partial charge in [-0.15, -0.1) is 0 Å². The Balaban J connectivity index is 2.11. The first-order chi connectivity index (χ1) is 9.03. The molecule has 6 nitrogen and oxygen atoms in total. The van der Waals surface area contributed by atoms with Gasteiger partial charge in [0.25, 0.3) is 0 Å². The Morgan fingerprint density at radius 1 is 1.37 bits per heavy atom. The molecule has 7 heteroatoms. The highest BCUT2D eigenvalue weighted by Crippen LogP contribution is 2.25.